The molecule has 1 aliphatic heterocycles. The maximum Gasteiger partial charge on any atom is 0.237 e. The van der Waals surface area contributed by atoms with Gasteiger partial charge in [0.1, 0.15) is 24.3 Å². The van der Waals surface area contributed by atoms with E-state index in [2.05, 4.69) is 0 Å². The van der Waals surface area contributed by atoms with Gasteiger partial charge in [-0.15, -0.1) is 11.6 Å². The van der Waals surface area contributed by atoms with Gasteiger partial charge in [0.25, 0.3) is 0 Å². The molecule has 5 heteroatoms. The topological polar surface area (TPSA) is 38.8 Å². The summed E-state index contributed by atoms with van der Waals surface area (Å²) in [5.41, 5.74) is 1.19. The summed E-state index contributed by atoms with van der Waals surface area (Å²) in [5, 5.41) is 0. The number of hydrogen-bond donors (Lipinski definition) is 0. The van der Waals surface area contributed by atoms with Crippen molar-refractivity contribution >= 4 is 17.5 Å². The molecule has 0 spiro atoms. The van der Waals surface area contributed by atoms with Crippen LogP contribution in [0.5, 0.6) is 5.75 Å². The Labute approximate surface area is 118 Å². The summed E-state index contributed by atoms with van der Waals surface area (Å²) in [4.78, 5) is 13.2. The maximum atomic E-state index is 11.5. The van der Waals surface area contributed by atoms with Gasteiger partial charge in [0.2, 0.25) is 5.91 Å². The molecule has 0 radical (unpaired) electrons. The van der Waals surface area contributed by atoms with Crippen molar-refractivity contribution in [2.75, 3.05) is 32.2 Å². The summed E-state index contributed by atoms with van der Waals surface area (Å²) in [6, 6.07) is 7.86. The van der Waals surface area contributed by atoms with Gasteiger partial charge in [-0.3, -0.25) is 4.79 Å². The van der Waals surface area contributed by atoms with Crippen LogP contribution in [0.1, 0.15) is 5.56 Å². The zero-order valence-corrected chi connectivity index (χ0v) is 11.7. The van der Waals surface area contributed by atoms with Crippen molar-refractivity contribution < 1.29 is 14.3 Å². The number of hydrogen-bond acceptors (Lipinski definition) is 3. The zero-order valence-electron chi connectivity index (χ0n) is 11.0. The van der Waals surface area contributed by atoms with E-state index in [0.29, 0.717) is 26.3 Å². The van der Waals surface area contributed by atoms with Crippen LogP contribution in [-0.2, 0) is 9.53 Å². The molecule has 0 bridgehead atoms. The molecule has 1 aromatic carbocycles. The van der Waals surface area contributed by atoms with Crippen molar-refractivity contribution in [3.63, 3.8) is 0 Å². The highest BCUT2D eigenvalue weighted by molar-refractivity contribution is 6.27. The summed E-state index contributed by atoms with van der Waals surface area (Å²) in [5.74, 6) is 0.784. The molecule has 1 aliphatic rings. The SMILES string of the molecule is Cc1ccc(OC[C@@H]2CN(C(=O)CCl)CCO2)cc1. The number of morpholine rings is 1. The minimum Gasteiger partial charge on any atom is -0.491 e. The lowest BCUT2D eigenvalue weighted by Crippen LogP contribution is -2.48. The Bertz CT molecular complexity index is 421. The van der Waals surface area contributed by atoms with Gasteiger partial charge in [-0.25, -0.2) is 0 Å². The first-order valence-corrected chi connectivity index (χ1v) is 6.87. The number of alkyl halides is 1. The van der Waals surface area contributed by atoms with E-state index in [0.717, 1.165) is 5.75 Å². The second-order valence-electron chi connectivity index (χ2n) is 4.59. The summed E-state index contributed by atoms with van der Waals surface area (Å²) < 4.78 is 11.3. The Balaban J connectivity index is 1.82. The molecule has 1 fully saturated rings. The van der Waals surface area contributed by atoms with Crippen LogP contribution in [-0.4, -0.2) is 49.1 Å². The highest BCUT2D eigenvalue weighted by Crippen LogP contribution is 2.13. The van der Waals surface area contributed by atoms with E-state index in [9.17, 15) is 4.79 Å². The number of halogens is 1. The van der Waals surface area contributed by atoms with Crippen LogP contribution < -0.4 is 4.74 Å². The molecular formula is C14H18ClNO3. The van der Waals surface area contributed by atoms with Crippen LogP contribution in [0.3, 0.4) is 0 Å². The molecule has 0 saturated carbocycles. The van der Waals surface area contributed by atoms with E-state index in [1.165, 1.54) is 5.56 Å². The number of aryl methyl sites for hydroxylation is 1. The fourth-order valence-corrected chi connectivity index (χ4v) is 2.12. The van der Waals surface area contributed by atoms with Crippen LogP contribution in [0.15, 0.2) is 24.3 Å². The van der Waals surface area contributed by atoms with Crippen molar-refractivity contribution in [2.45, 2.75) is 13.0 Å². The molecule has 1 atom stereocenters. The largest absolute Gasteiger partial charge is 0.491 e. The molecule has 2 rings (SSSR count). The fraction of sp³-hybridized carbons (Fsp3) is 0.500. The first-order valence-electron chi connectivity index (χ1n) is 6.34. The average Bonchev–Trinajstić information content (AvgIpc) is 2.46. The third-order valence-corrected chi connectivity index (χ3v) is 3.29. The molecule has 0 unspecified atom stereocenters. The van der Waals surface area contributed by atoms with Gasteiger partial charge in [0.15, 0.2) is 0 Å². The molecule has 1 amide bonds. The van der Waals surface area contributed by atoms with Gasteiger partial charge in [0, 0.05) is 6.54 Å². The van der Waals surface area contributed by atoms with Crippen LogP contribution >= 0.6 is 11.6 Å². The monoisotopic (exact) mass is 283 g/mol. The van der Waals surface area contributed by atoms with Crippen molar-refractivity contribution in [2.24, 2.45) is 0 Å². The van der Waals surface area contributed by atoms with Gasteiger partial charge in [-0.2, -0.15) is 0 Å². The third-order valence-electron chi connectivity index (χ3n) is 3.06. The molecule has 1 aromatic rings. The molecule has 104 valence electrons. The minimum atomic E-state index is -0.0952. The van der Waals surface area contributed by atoms with Crippen molar-refractivity contribution in [1.82, 2.24) is 4.90 Å². The lowest BCUT2D eigenvalue weighted by Gasteiger charge is -2.32. The summed E-state index contributed by atoms with van der Waals surface area (Å²) in [6.45, 7) is 4.15. The van der Waals surface area contributed by atoms with E-state index < -0.39 is 0 Å². The van der Waals surface area contributed by atoms with Crippen molar-refractivity contribution in [1.29, 1.82) is 0 Å². The van der Waals surface area contributed by atoms with E-state index in [1.54, 1.807) is 4.90 Å². The van der Waals surface area contributed by atoms with Crippen LogP contribution in [0, 0.1) is 6.92 Å². The van der Waals surface area contributed by atoms with Gasteiger partial charge in [-0.1, -0.05) is 17.7 Å². The number of carbonyl (C=O) groups is 1. The lowest BCUT2D eigenvalue weighted by molar-refractivity contribution is -0.137. The first kappa shape index (κ1) is 14.2. The third kappa shape index (κ3) is 4.11. The minimum absolute atomic E-state index is 0.0194. The molecule has 0 aromatic heterocycles. The average molecular weight is 284 g/mol. The summed E-state index contributed by atoms with van der Waals surface area (Å²) in [6.07, 6.45) is -0.0952. The normalized spacial score (nSPS) is 19.3. The maximum absolute atomic E-state index is 11.5. The Kier molecular flexibility index (Phi) is 5.05. The highest BCUT2D eigenvalue weighted by Gasteiger charge is 2.24. The van der Waals surface area contributed by atoms with Crippen LogP contribution in [0.4, 0.5) is 0 Å². The lowest BCUT2D eigenvalue weighted by atomic mass is 10.2. The number of carbonyl (C=O) groups excluding carboxylic acids is 1. The number of rotatable bonds is 4. The number of ether oxygens (including phenoxy) is 2. The predicted molar refractivity (Wildman–Crippen MR) is 73.7 cm³/mol. The predicted octanol–water partition coefficient (Wildman–Crippen LogP) is 1.84. The van der Waals surface area contributed by atoms with Gasteiger partial charge >= 0.3 is 0 Å². The Hall–Kier alpha value is -1.26. The number of benzene rings is 1. The van der Waals surface area contributed by atoms with Crippen LogP contribution in [0.2, 0.25) is 0 Å². The molecule has 0 aliphatic carbocycles. The van der Waals surface area contributed by atoms with Crippen molar-refractivity contribution in [3.8, 4) is 5.75 Å². The van der Waals surface area contributed by atoms with E-state index in [-0.39, 0.29) is 17.9 Å². The number of nitrogens with zero attached hydrogens (tertiary/aromatic N) is 1. The summed E-state index contributed by atoms with van der Waals surface area (Å²) >= 11 is 5.56. The second kappa shape index (κ2) is 6.78. The molecule has 1 heterocycles. The van der Waals surface area contributed by atoms with Gasteiger partial charge < -0.3 is 14.4 Å². The molecule has 0 N–H and O–H groups in total. The second-order valence-corrected chi connectivity index (χ2v) is 4.86. The fourth-order valence-electron chi connectivity index (χ4n) is 1.95. The molecular weight excluding hydrogens is 266 g/mol. The number of amides is 1. The van der Waals surface area contributed by atoms with Gasteiger partial charge in [0.05, 0.1) is 13.2 Å². The Morgan fingerprint density at radius 1 is 1.47 bits per heavy atom. The summed E-state index contributed by atoms with van der Waals surface area (Å²) in [7, 11) is 0. The Morgan fingerprint density at radius 3 is 2.89 bits per heavy atom. The van der Waals surface area contributed by atoms with Crippen LogP contribution in [0.25, 0.3) is 0 Å². The van der Waals surface area contributed by atoms with E-state index in [1.807, 2.05) is 31.2 Å². The highest BCUT2D eigenvalue weighted by atomic mass is 35.5. The quantitative estimate of drug-likeness (QED) is 0.792. The van der Waals surface area contributed by atoms with Crippen molar-refractivity contribution in [3.05, 3.63) is 29.8 Å². The molecule has 19 heavy (non-hydrogen) atoms. The Morgan fingerprint density at radius 2 is 2.21 bits per heavy atom. The molecule has 1 saturated heterocycles. The van der Waals surface area contributed by atoms with E-state index in [4.69, 9.17) is 21.1 Å². The standard InChI is InChI=1S/C14H18ClNO3/c1-11-2-4-12(5-3-11)19-10-13-9-16(6-7-18-13)14(17)8-15/h2-5,13H,6-10H2,1H3/t13-/m0/s1. The van der Waals surface area contributed by atoms with E-state index >= 15 is 0 Å². The smallest absolute Gasteiger partial charge is 0.237 e. The zero-order chi connectivity index (χ0) is 13.7. The molecule has 4 nitrogen and oxygen atoms in total. The first-order chi connectivity index (χ1) is 9.19. The van der Waals surface area contributed by atoms with Gasteiger partial charge in [-0.05, 0) is 19.1 Å².